The molecule has 0 aliphatic carbocycles. The molecule has 372 valence electrons. The SMILES string of the molecule is CCOc1cc(CCCl)cc(NC(=O)c2cc(N=NC(C(C)=O)C(=O)Nc3ccc(NC(=O)C(N=Nc4ccc(Cl)c(C(=O)Nc5cc(CCCl)cc(OCC)c5)c4)C(C)=O)c(C(C)Cl)c3)ccc2Cl)c1. The van der Waals surface area contributed by atoms with Crippen LogP contribution in [0.3, 0.4) is 0 Å². The predicted octanol–water partition coefficient (Wildman–Crippen LogP) is 12.5. The third-order valence-electron chi connectivity index (χ3n) is 10.1. The fraction of sp³-hybridized carbons (Fsp3) is 0.280. The van der Waals surface area contributed by atoms with Crippen LogP contribution in [0.1, 0.15) is 77.4 Å². The lowest BCUT2D eigenvalue weighted by Crippen LogP contribution is -2.32. The van der Waals surface area contributed by atoms with Crippen molar-refractivity contribution in [1.29, 1.82) is 0 Å². The monoisotopic (exact) mass is 1060 g/mol. The number of hydrogen-bond acceptors (Lipinski definition) is 12. The molecule has 16 nitrogen and oxygen atoms in total. The number of anilines is 4. The lowest BCUT2D eigenvalue weighted by Gasteiger charge is -2.17. The molecule has 0 saturated carbocycles. The summed E-state index contributed by atoms with van der Waals surface area (Å²) in [6.45, 7) is 8.47. The van der Waals surface area contributed by atoms with E-state index in [1.54, 1.807) is 31.2 Å². The second-order valence-electron chi connectivity index (χ2n) is 15.6. The normalized spacial score (nSPS) is 12.5. The number of aryl methyl sites for hydroxylation is 2. The van der Waals surface area contributed by atoms with Gasteiger partial charge in [0.1, 0.15) is 11.5 Å². The third kappa shape index (κ3) is 16.0. The third-order valence-corrected chi connectivity index (χ3v) is 11.3. The number of halogens is 5. The van der Waals surface area contributed by atoms with Gasteiger partial charge in [0.2, 0.25) is 12.1 Å². The Hall–Kier alpha value is -6.43. The van der Waals surface area contributed by atoms with Gasteiger partial charge in [-0.2, -0.15) is 20.5 Å². The standard InChI is InChI=1S/C50H49Cl5N8O8/c1-6-70-37-20-30(14-16-51)18-35(22-37)57-47(66)40-25-33(8-11-42(40)54)60-62-45(28(4)64)49(68)56-32-10-13-44(39(24-32)27(3)53)59-50(69)46(29(5)65)63-61-34-9-12-43(55)41(26-34)48(67)58-36-19-31(15-17-52)21-38(23-36)71-7-2/h8-13,18-27,45-46H,6-7,14-17H2,1-5H3,(H,56,68)(H,57,66)(H,58,67)(H,59,69). The highest BCUT2D eigenvalue weighted by Gasteiger charge is 2.27. The molecule has 0 fully saturated rings. The predicted molar refractivity (Wildman–Crippen MR) is 279 cm³/mol. The number of Topliss-reactive ketones (excluding diaryl/α,β-unsaturated/α-hetero) is 2. The summed E-state index contributed by atoms with van der Waals surface area (Å²) < 4.78 is 11.3. The molecule has 0 saturated heterocycles. The Morgan fingerprint density at radius 3 is 1.42 bits per heavy atom. The van der Waals surface area contributed by atoms with E-state index in [0.717, 1.165) is 18.1 Å². The van der Waals surface area contributed by atoms with Gasteiger partial charge in [0.15, 0.2) is 11.6 Å². The summed E-state index contributed by atoms with van der Waals surface area (Å²) in [4.78, 5) is 79.3. The van der Waals surface area contributed by atoms with Gasteiger partial charge in [-0.15, -0.1) is 34.8 Å². The topological polar surface area (TPSA) is 218 Å². The fourth-order valence-corrected chi connectivity index (χ4v) is 7.77. The maximum atomic E-state index is 13.6. The molecule has 3 atom stereocenters. The Bertz CT molecular complexity index is 2810. The number of amides is 4. The van der Waals surface area contributed by atoms with E-state index in [1.165, 1.54) is 61.5 Å². The van der Waals surface area contributed by atoms with Crippen molar-refractivity contribution in [3.05, 3.63) is 129 Å². The van der Waals surface area contributed by atoms with E-state index >= 15 is 0 Å². The van der Waals surface area contributed by atoms with Crippen molar-refractivity contribution in [2.75, 3.05) is 46.2 Å². The zero-order valence-corrected chi connectivity index (χ0v) is 42.9. The molecule has 5 rings (SSSR count). The second-order valence-corrected chi connectivity index (χ2v) is 17.8. The van der Waals surface area contributed by atoms with Crippen LogP contribution in [0.2, 0.25) is 10.0 Å². The largest absolute Gasteiger partial charge is 0.494 e. The van der Waals surface area contributed by atoms with Crippen LogP contribution in [-0.2, 0) is 32.0 Å². The maximum absolute atomic E-state index is 13.6. The number of azo groups is 2. The van der Waals surface area contributed by atoms with Crippen molar-refractivity contribution in [3.63, 3.8) is 0 Å². The van der Waals surface area contributed by atoms with Crippen molar-refractivity contribution in [1.82, 2.24) is 0 Å². The first kappa shape index (κ1) is 55.5. The highest BCUT2D eigenvalue weighted by molar-refractivity contribution is 6.35. The average molecular weight is 1070 g/mol. The number of rotatable bonds is 23. The molecule has 5 aromatic carbocycles. The van der Waals surface area contributed by atoms with Crippen molar-refractivity contribution < 1.29 is 38.2 Å². The zero-order chi connectivity index (χ0) is 51.8. The van der Waals surface area contributed by atoms with Crippen LogP contribution in [0, 0.1) is 0 Å². The fourth-order valence-electron chi connectivity index (χ4n) is 6.75. The highest BCUT2D eigenvalue weighted by Crippen LogP contribution is 2.32. The maximum Gasteiger partial charge on any atom is 0.258 e. The van der Waals surface area contributed by atoms with Crippen molar-refractivity contribution in [2.24, 2.45) is 20.5 Å². The molecule has 0 aliphatic rings. The van der Waals surface area contributed by atoms with Gasteiger partial charge >= 0.3 is 0 Å². The molecule has 0 radical (unpaired) electrons. The number of hydrogen-bond donors (Lipinski definition) is 4. The number of carbonyl (C=O) groups is 6. The van der Waals surface area contributed by atoms with Crippen LogP contribution in [-0.4, -0.2) is 72.3 Å². The molecular weight excluding hydrogens is 1020 g/mol. The Morgan fingerprint density at radius 1 is 0.563 bits per heavy atom. The minimum atomic E-state index is -1.62. The van der Waals surface area contributed by atoms with Crippen LogP contribution >= 0.6 is 58.0 Å². The Labute approximate surface area is 435 Å². The first-order valence-corrected chi connectivity index (χ1v) is 24.3. The molecule has 0 aliphatic heterocycles. The molecule has 21 heteroatoms. The molecule has 4 N–H and O–H groups in total. The second kappa shape index (κ2) is 26.7. The van der Waals surface area contributed by atoms with E-state index in [0.29, 0.717) is 66.3 Å². The Kier molecular flexibility index (Phi) is 20.9. The van der Waals surface area contributed by atoms with E-state index in [-0.39, 0.29) is 43.9 Å². The number of ketones is 2. The molecule has 0 heterocycles. The van der Waals surface area contributed by atoms with E-state index in [9.17, 15) is 28.8 Å². The molecular formula is C50H49Cl5N8O8. The summed E-state index contributed by atoms with van der Waals surface area (Å²) in [5.41, 5.74) is 3.68. The summed E-state index contributed by atoms with van der Waals surface area (Å²) in [7, 11) is 0. The molecule has 0 aromatic heterocycles. The van der Waals surface area contributed by atoms with Gasteiger partial charge in [0.25, 0.3) is 23.6 Å². The molecule has 3 unspecified atom stereocenters. The van der Waals surface area contributed by atoms with Gasteiger partial charge in [-0.25, -0.2) is 0 Å². The van der Waals surface area contributed by atoms with Crippen LogP contribution in [0.25, 0.3) is 0 Å². The number of nitrogens with zero attached hydrogens (tertiary/aromatic N) is 4. The van der Waals surface area contributed by atoms with Crippen LogP contribution in [0.5, 0.6) is 11.5 Å². The summed E-state index contributed by atoms with van der Waals surface area (Å²) in [6, 6.07) is 20.2. The molecule has 4 amide bonds. The number of ether oxygens (including phenoxy) is 2. The van der Waals surface area contributed by atoms with Gasteiger partial charge in [-0.05, 0) is 143 Å². The van der Waals surface area contributed by atoms with Gasteiger partial charge in [-0.1, -0.05) is 23.2 Å². The highest BCUT2D eigenvalue weighted by atomic mass is 35.5. The number of carbonyl (C=O) groups excluding carboxylic acids is 6. The van der Waals surface area contributed by atoms with Gasteiger partial charge in [0.05, 0.1) is 51.1 Å². The van der Waals surface area contributed by atoms with E-state index in [2.05, 4.69) is 41.7 Å². The van der Waals surface area contributed by atoms with Crippen molar-refractivity contribution >= 4 is 127 Å². The summed E-state index contributed by atoms with van der Waals surface area (Å²) in [6.07, 6.45) is 1.09. The minimum absolute atomic E-state index is 0.0502. The lowest BCUT2D eigenvalue weighted by molar-refractivity contribution is -0.127. The minimum Gasteiger partial charge on any atom is -0.494 e. The number of alkyl halides is 3. The first-order chi connectivity index (χ1) is 33.9. The van der Waals surface area contributed by atoms with Crippen molar-refractivity contribution in [2.45, 2.75) is 64.9 Å². The smallest absolute Gasteiger partial charge is 0.258 e. The average Bonchev–Trinajstić information content (AvgIpc) is 3.30. The van der Waals surface area contributed by atoms with E-state index in [4.69, 9.17) is 67.5 Å². The molecule has 0 bridgehead atoms. The van der Waals surface area contributed by atoms with Gasteiger partial charge in [0, 0.05) is 46.6 Å². The molecule has 0 spiro atoms. The first-order valence-electron chi connectivity index (χ1n) is 22.0. The lowest BCUT2D eigenvalue weighted by atomic mass is 10.1. The summed E-state index contributed by atoms with van der Waals surface area (Å²) in [5.74, 6) is -2.25. The van der Waals surface area contributed by atoms with E-state index < -0.39 is 52.7 Å². The Morgan fingerprint density at radius 2 is 1.01 bits per heavy atom. The van der Waals surface area contributed by atoms with Crippen molar-refractivity contribution in [3.8, 4) is 11.5 Å². The number of benzene rings is 5. The van der Waals surface area contributed by atoms with Crippen LogP contribution in [0.15, 0.2) is 111 Å². The number of nitrogens with one attached hydrogen (secondary N) is 4. The van der Waals surface area contributed by atoms with Gasteiger partial charge < -0.3 is 30.7 Å². The van der Waals surface area contributed by atoms with Crippen LogP contribution in [0.4, 0.5) is 34.1 Å². The summed E-state index contributed by atoms with van der Waals surface area (Å²) >= 11 is 31.2. The summed E-state index contributed by atoms with van der Waals surface area (Å²) in [5, 5.41) is 26.6. The van der Waals surface area contributed by atoms with Crippen LogP contribution < -0.4 is 30.7 Å². The quantitative estimate of drug-likeness (QED) is 0.0279. The zero-order valence-electron chi connectivity index (χ0n) is 39.1. The van der Waals surface area contributed by atoms with E-state index in [1.807, 2.05) is 26.0 Å². The Balaban J connectivity index is 1.28. The molecule has 71 heavy (non-hydrogen) atoms. The van der Waals surface area contributed by atoms with Gasteiger partial charge in [-0.3, -0.25) is 28.8 Å². The molecule has 5 aromatic rings.